The number of hydrogen-bond donors (Lipinski definition) is 2. The first-order valence-corrected chi connectivity index (χ1v) is 13.7. The average molecular weight is 552 g/mol. The summed E-state index contributed by atoms with van der Waals surface area (Å²) < 4.78 is 16.5. The van der Waals surface area contributed by atoms with E-state index >= 15 is 0 Å². The molecule has 2 aromatic carbocycles. The molecule has 40 heavy (non-hydrogen) atoms. The number of hydrogen-bond acceptors (Lipinski definition) is 8. The third-order valence-electron chi connectivity index (χ3n) is 6.99. The molecule has 2 saturated heterocycles. The average Bonchev–Trinajstić information content (AvgIpc) is 3.22. The number of ether oxygens (including phenoxy) is 3. The van der Waals surface area contributed by atoms with Gasteiger partial charge in [0.15, 0.2) is 6.61 Å². The van der Waals surface area contributed by atoms with Crippen molar-refractivity contribution in [2.24, 2.45) is 5.73 Å². The number of aliphatic hydroxyl groups excluding tert-OH is 1. The third kappa shape index (κ3) is 7.19. The standard InChI is InChI=1S/C30H37N3O7/c1-2-3-17-39-23-11-7-22(8-12-23)28(35)26-27(21-5-9-24(10-6-21)40-20-25(31)34)33(30(37)29(26)36)14-4-13-32-15-18-38-19-16-32/h5-12,27,35H,2-4,13-20H2,1H3,(H2,31,34)/b28-26+. The maximum Gasteiger partial charge on any atom is 0.295 e. The van der Waals surface area contributed by atoms with Crippen molar-refractivity contribution >= 4 is 23.4 Å². The SMILES string of the molecule is CCCCOc1ccc(/C(O)=C2\C(=O)C(=O)N(CCCN3CCOCC3)C2c2ccc(OCC(N)=O)cc2)cc1. The Labute approximate surface area is 234 Å². The zero-order chi connectivity index (χ0) is 28.5. The maximum absolute atomic E-state index is 13.3. The molecule has 0 bridgehead atoms. The minimum Gasteiger partial charge on any atom is -0.507 e. The normalized spacial score (nSPS) is 19.1. The molecular formula is C30H37N3O7. The summed E-state index contributed by atoms with van der Waals surface area (Å²) in [6.07, 6.45) is 2.61. The van der Waals surface area contributed by atoms with Crippen LogP contribution in [0.4, 0.5) is 0 Å². The predicted molar refractivity (Wildman–Crippen MR) is 149 cm³/mol. The number of unbranched alkanes of at least 4 members (excludes halogenated alkanes) is 1. The van der Waals surface area contributed by atoms with Crippen molar-refractivity contribution in [3.63, 3.8) is 0 Å². The van der Waals surface area contributed by atoms with Crippen LogP contribution in [0.5, 0.6) is 11.5 Å². The summed E-state index contributed by atoms with van der Waals surface area (Å²) in [7, 11) is 0. The number of morpholine rings is 1. The Kier molecular flexibility index (Phi) is 10.2. The lowest BCUT2D eigenvalue weighted by atomic mass is 9.95. The van der Waals surface area contributed by atoms with Crippen LogP contribution in [-0.2, 0) is 19.1 Å². The molecule has 1 unspecified atom stereocenters. The van der Waals surface area contributed by atoms with Gasteiger partial charge in [0.25, 0.3) is 17.6 Å². The Balaban J connectivity index is 1.61. The summed E-state index contributed by atoms with van der Waals surface area (Å²) in [5.74, 6) is -1.14. The van der Waals surface area contributed by atoms with Gasteiger partial charge >= 0.3 is 0 Å². The highest BCUT2D eigenvalue weighted by atomic mass is 16.5. The van der Waals surface area contributed by atoms with Crippen LogP contribution in [0.2, 0.25) is 0 Å². The van der Waals surface area contributed by atoms with E-state index in [0.29, 0.717) is 55.4 Å². The number of aliphatic hydroxyl groups is 1. The summed E-state index contributed by atoms with van der Waals surface area (Å²) in [6.45, 7) is 6.52. The van der Waals surface area contributed by atoms with Crippen molar-refractivity contribution in [3.05, 3.63) is 65.2 Å². The Morgan fingerprint density at radius 2 is 1.62 bits per heavy atom. The third-order valence-corrected chi connectivity index (χ3v) is 6.99. The van der Waals surface area contributed by atoms with Gasteiger partial charge in [-0.05, 0) is 54.8 Å². The van der Waals surface area contributed by atoms with Crippen LogP contribution in [0.25, 0.3) is 5.76 Å². The Bertz CT molecular complexity index is 1200. The molecule has 10 heteroatoms. The van der Waals surface area contributed by atoms with Crippen LogP contribution in [-0.4, -0.2) is 85.1 Å². The van der Waals surface area contributed by atoms with E-state index in [1.165, 1.54) is 4.90 Å². The fraction of sp³-hybridized carbons (Fsp3) is 0.433. The van der Waals surface area contributed by atoms with Gasteiger partial charge in [-0.25, -0.2) is 0 Å². The summed E-state index contributed by atoms with van der Waals surface area (Å²) >= 11 is 0. The van der Waals surface area contributed by atoms with Gasteiger partial charge in [-0.1, -0.05) is 25.5 Å². The fourth-order valence-electron chi connectivity index (χ4n) is 4.85. The van der Waals surface area contributed by atoms with Crippen molar-refractivity contribution in [1.29, 1.82) is 0 Å². The number of primary amides is 1. The number of carbonyl (C=O) groups excluding carboxylic acids is 3. The van der Waals surface area contributed by atoms with E-state index in [9.17, 15) is 19.5 Å². The molecule has 0 aliphatic carbocycles. The van der Waals surface area contributed by atoms with Crippen molar-refractivity contribution in [3.8, 4) is 11.5 Å². The number of Topliss-reactive ketones (excluding diaryl/α,β-unsaturated/α-hetero) is 1. The smallest absolute Gasteiger partial charge is 0.295 e. The van der Waals surface area contributed by atoms with E-state index in [0.717, 1.165) is 32.5 Å². The van der Waals surface area contributed by atoms with E-state index in [-0.39, 0.29) is 17.9 Å². The molecule has 2 aliphatic rings. The molecule has 2 heterocycles. The van der Waals surface area contributed by atoms with Crippen molar-refractivity contribution in [2.75, 3.05) is 52.6 Å². The van der Waals surface area contributed by atoms with Gasteiger partial charge in [0, 0.05) is 31.7 Å². The second kappa shape index (κ2) is 14.0. The summed E-state index contributed by atoms with van der Waals surface area (Å²) in [4.78, 5) is 41.5. The number of nitrogens with two attached hydrogens (primary N) is 1. The number of likely N-dealkylation sites (tertiary alicyclic amines) is 1. The molecule has 2 amide bonds. The lowest BCUT2D eigenvalue weighted by molar-refractivity contribution is -0.140. The van der Waals surface area contributed by atoms with E-state index in [2.05, 4.69) is 11.8 Å². The number of carbonyl (C=O) groups is 3. The van der Waals surface area contributed by atoms with E-state index in [1.54, 1.807) is 48.5 Å². The predicted octanol–water partition coefficient (Wildman–Crippen LogP) is 2.87. The largest absolute Gasteiger partial charge is 0.507 e. The molecule has 3 N–H and O–H groups in total. The summed E-state index contributed by atoms with van der Waals surface area (Å²) in [5, 5.41) is 11.3. The van der Waals surface area contributed by atoms with Gasteiger partial charge in [0.1, 0.15) is 17.3 Å². The molecule has 1 atom stereocenters. The van der Waals surface area contributed by atoms with Crippen LogP contribution in [0.1, 0.15) is 43.4 Å². The fourth-order valence-corrected chi connectivity index (χ4v) is 4.85. The molecule has 0 spiro atoms. The molecule has 10 nitrogen and oxygen atoms in total. The van der Waals surface area contributed by atoms with Gasteiger partial charge in [-0.2, -0.15) is 0 Å². The highest BCUT2D eigenvalue weighted by Crippen LogP contribution is 2.40. The number of ketones is 1. The van der Waals surface area contributed by atoms with Crippen LogP contribution >= 0.6 is 0 Å². The van der Waals surface area contributed by atoms with Crippen molar-refractivity contribution < 1.29 is 33.7 Å². The number of benzene rings is 2. The Morgan fingerprint density at radius 1 is 0.975 bits per heavy atom. The van der Waals surface area contributed by atoms with Gasteiger partial charge < -0.3 is 30.0 Å². The zero-order valence-electron chi connectivity index (χ0n) is 22.8. The van der Waals surface area contributed by atoms with Gasteiger partial charge in [0.2, 0.25) is 0 Å². The minimum absolute atomic E-state index is 0.0295. The van der Waals surface area contributed by atoms with Gasteiger partial charge in [0.05, 0.1) is 31.4 Å². The lowest BCUT2D eigenvalue weighted by Gasteiger charge is -2.29. The number of nitrogens with zero attached hydrogens (tertiary/aromatic N) is 2. The van der Waals surface area contributed by atoms with E-state index in [1.807, 2.05) is 0 Å². The number of rotatable bonds is 13. The maximum atomic E-state index is 13.3. The highest BCUT2D eigenvalue weighted by molar-refractivity contribution is 6.46. The molecule has 0 radical (unpaired) electrons. The van der Waals surface area contributed by atoms with Gasteiger partial charge in [-0.3, -0.25) is 19.3 Å². The van der Waals surface area contributed by atoms with Crippen LogP contribution in [0, 0.1) is 0 Å². The van der Waals surface area contributed by atoms with Crippen LogP contribution in [0.3, 0.4) is 0 Å². The quantitative estimate of drug-likeness (QED) is 0.168. The Morgan fingerprint density at radius 3 is 2.27 bits per heavy atom. The molecule has 214 valence electrons. The first-order chi connectivity index (χ1) is 19.4. The molecule has 2 aromatic rings. The molecule has 2 fully saturated rings. The van der Waals surface area contributed by atoms with E-state index in [4.69, 9.17) is 19.9 Å². The number of amides is 2. The van der Waals surface area contributed by atoms with Crippen LogP contribution < -0.4 is 15.2 Å². The molecule has 4 rings (SSSR count). The van der Waals surface area contributed by atoms with Gasteiger partial charge in [-0.15, -0.1) is 0 Å². The Hall–Kier alpha value is -3.89. The topological polar surface area (TPSA) is 132 Å². The summed E-state index contributed by atoms with van der Waals surface area (Å²) in [6, 6.07) is 12.8. The second-order valence-electron chi connectivity index (χ2n) is 9.85. The monoisotopic (exact) mass is 551 g/mol. The first kappa shape index (κ1) is 29.1. The molecule has 2 aliphatic heterocycles. The van der Waals surface area contributed by atoms with Crippen molar-refractivity contribution in [1.82, 2.24) is 9.80 Å². The van der Waals surface area contributed by atoms with Crippen molar-refractivity contribution in [2.45, 2.75) is 32.2 Å². The molecular weight excluding hydrogens is 514 g/mol. The summed E-state index contributed by atoms with van der Waals surface area (Å²) in [5.41, 5.74) is 6.25. The van der Waals surface area contributed by atoms with E-state index < -0.39 is 23.6 Å². The minimum atomic E-state index is -0.782. The highest BCUT2D eigenvalue weighted by Gasteiger charge is 2.45. The first-order valence-electron chi connectivity index (χ1n) is 13.7. The zero-order valence-corrected chi connectivity index (χ0v) is 22.8. The molecule has 0 saturated carbocycles. The second-order valence-corrected chi connectivity index (χ2v) is 9.85. The molecule has 0 aromatic heterocycles. The van der Waals surface area contributed by atoms with Crippen LogP contribution in [0.15, 0.2) is 54.1 Å². The lowest BCUT2D eigenvalue weighted by Crippen LogP contribution is -2.38.